The second kappa shape index (κ2) is 5.71. The van der Waals surface area contributed by atoms with Crippen LogP contribution < -0.4 is 15.5 Å². The zero-order chi connectivity index (χ0) is 15.6. The van der Waals surface area contributed by atoms with Gasteiger partial charge >= 0.3 is 6.03 Å². The summed E-state index contributed by atoms with van der Waals surface area (Å²) >= 11 is 0. The number of nitrogens with one attached hydrogen (secondary N) is 2. The van der Waals surface area contributed by atoms with E-state index in [1.165, 1.54) is 17.0 Å². The van der Waals surface area contributed by atoms with Gasteiger partial charge in [-0.25, -0.2) is 9.18 Å². The van der Waals surface area contributed by atoms with Crippen LogP contribution in [0.1, 0.15) is 27.2 Å². The van der Waals surface area contributed by atoms with Gasteiger partial charge in [-0.2, -0.15) is 0 Å². The summed E-state index contributed by atoms with van der Waals surface area (Å²) in [7, 11) is 0. The predicted octanol–water partition coefficient (Wildman–Crippen LogP) is 2.03. The average Bonchev–Trinajstić information content (AvgIpc) is 2.67. The summed E-state index contributed by atoms with van der Waals surface area (Å²) in [5.41, 5.74) is 0.176. The largest absolute Gasteiger partial charge is 0.334 e. The zero-order valence-electron chi connectivity index (χ0n) is 12.4. The molecule has 1 aliphatic heterocycles. The van der Waals surface area contributed by atoms with Gasteiger partial charge in [-0.05, 0) is 39.0 Å². The molecule has 2 rings (SSSR count). The summed E-state index contributed by atoms with van der Waals surface area (Å²) < 4.78 is 13.2. The fraction of sp³-hybridized carbons (Fsp3) is 0.467. The Kier molecular flexibility index (Phi) is 4.16. The lowest BCUT2D eigenvalue weighted by atomic mass is 10.1. The van der Waals surface area contributed by atoms with Crippen molar-refractivity contribution in [2.45, 2.75) is 38.8 Å². The first kappa shape index (κ1) is 15.3. The summed E-state index contributed by atoms with van der Waals surface area (Å²) in [4.78, 5) is 25.3. The first-order valence-electron chi connectivity index (χ1n) is 6.89. The van der Waals surface area contributed by atoms with Gasteiger partial charge in [0.15, 0.2) is 0 Å². The van der Waals surface area contributed by atoms with E-state index in [0.29, 0.717) is 12.2 Å². The molecule has 21 heavy (non-hydrogen) atoms. The Morgan fingerprint density at radius 1 is 1.38 bits per heavy atom. The average molecular weight is 293 g/mol. The third-order valence-electron chi connectivity index (χ3n) is 3.07. The highest BCUT2D eigenvalue weighted by molar-refractivity contribution is 5.96. The molecule has 2 N–H and O–H groups in total. The molecular formula is C15H20FN3O2. The topological polar surface area (TPSA) is 61.4 Å². The van der Waals surface area contributed by atoms with Gasteiger partial charge in [0.25, 0.3) is 0 Å². The molecule has 1 aliphatic rings. The Labute approximate surface area is 123 Å². The number of anilines is 1. The minimum Gasteiger partial charge on any atom is -0.334 e. The molecule has 0 aromatic heterocycles. The summed E-state index contributed by atoms with van der Waals surface area (Å²) in [6.45, 7) is 5.99. The predicted molar refractivity (Wildman–Crippen MR) is 78.6 cm³/mol. The van der Waals surface area contributed by atoms with E-state index in [1.54, 1.807) is 12.1 Å². The molecule has 1 unspecified atom stereocenters. The fourth-order valence-electron chi connectivity index (χ4n) is 2.26. The van der Waals surface area contributed by atoms with Crippen molar-refractivity contribution in [1.82, 2.24) is 10.6 Å². The van der Waals surface area contributed by atoms with E-state index >= 15 is 0 Å². The highest BCUT2D eigenvalue weighted by Crippen LogP contribution is 2.22. The van der Waals surface area contributed by atoms with Crippen LogP contribution in [-0.2, 0) is 4.79 Å². The van der Waals surface area contributed by atoms with Crippen LogP contribution >= 0.6 is 0 Å². The van der Waals surface area contributed by atoms with Crippen molar-refractivity contribution in [1.29, 1.82) is 0 Å². The molecule has 114 valence electrons. The van der Waals surface area contributed by atoms with Gasteiger partial charge in [-0.3, -0.25) is 4.79 Å². The lowest BCUT2D eigenvalue weighted by molar-refractivity contribution is -0.117. The molecule has 1 atom stereocenters. The SMILES string of the molecule is CC(C)(C)NC(=O)NC1CC(=O)N(c2cccc(F)c2)C1. The van der Waals surface area contributed by atoms with Crippen LogP contribution in [0.5, 0.6) is 0 Å². The quantitative estimate of drug-likeness (QED) is 0.876. The van der Waals surface area contributed by atoms with Crippen LogP contribution in [-0.4, -0.2) is 30.1 Å². The Morgan fingerprint density at radius 2 is 2.10 bits per heavy atom. The van der Waals surface area contributed by atoms with E-state index in [0.717, 1.165) is 0 Å². The first-order valence-corrected chi connectivity index (χ1v) is 6.89. The van der Waals surface area contributed by atoms with Gasteiger partial charge in [-0.15, -0.1) is 0 Å². The molecule has 5 nitrogen and oxygen atoms in total. The third-order valence-corrected chi connectivity index (χ3v) is 3.07. The number of hydrogen-bond acceptors (Lipinski definition) is 2. The number of nitrogens with zero attached hydrogens (tertiary/aromatic N) is 1. The molecule has 0 aliphatic carbocycles. The molecule has 1 aromatic carbocycles. The molecule has 6 heteroatoms. The zero-order valence-corrected chi connectivity index (χ0v) is 12.4. The molecule has 1 saturated heterocycles. The number of urea groups is 1. The Hall–Kier alpha value is -2.11. The van der Waals surface area contributed by atoms with Crippen molar-refractivity contribution in [2.75, 3.05) is 11.4 Å². The van der Waals surface area contributed by atoms with E-state index in [4.69, 9.17) is 0 Å². The number of amides is 3. The second-order valence-electron chi connectivity index (χ2n) is 6.23. The van der Waals surface area contributed by atoms with Gasteiger partial charge < -0.3 is 15.5 Å². The van der Waals surface area contributed by atoms with E-state index < -0.39 is 0 Å². The maximum absolute atomic E-state index is 13.2. The minimum absolute atomic E-state index is 0.123. The smallest absolute Gasteiger partial charge is 0.315 e. The van der Waals surface area contributed by atoms with Crippen LogP contribution in [0.4, 0.5) is 14.9 Å². The van der Waals surface area contributed by atoms with Gasteiger partial charge in [0.1, 0.15) is 5.82 Å². The van der Waals surface area contributed by atoms with Gasteiger partial charge in [0.05, 0.1) is 6.04 Å². The van der Waals surface area contributed by atoms with Crippen LogP contribution in [0.25, 0.3) is 0 Å². The molecule has 0 bridgehead atoms. The number of hydrogen-bond donors (Lipinski definition) is 2. The summed E-state index contributed by atoms with van der Waals surface area (Å²) in [5.74, 6) is -0.510. The molecule has 1 heterocycles. The van der Waals surface area contributed by atoms with Crippen molar-refractivity contribution in [2.24, 2.45) is 0 Å². The van der Waals surface area contributed by atoms with E-state index in [9.17, 15) is 14.0 Å². The minimum atomic E-state index is -0.387. The number of halogens is 1. The second-order valence-corrected chi connectivity index (χ2v) is 6.23. The Morgan fingerprint density at radius 3 is 2.71 bits per heavy atom. The van der Waals surface area contributed by atoms with E-state index in [1.807, 2.05) is 20.8 Å². The number of carbonyl (C=O) groups excluding carboxylic acids is 2. The van der Waals surface area contributed by atoms with Crippen molar-refractivity contribution >= 4 is 17.6 Å². The van der Waals surface area contributed by atoms with Crippen molar-refractivity contribution in [3.8, 4) is 0 Å². The molecule has 0 spiro atoms. The van der Waals surface area contributed by atoms with E-state index in [2.05, 4.69) is 10.6 Å². The monoisotopic (exact) mass is 293 g/mol. The molecule has 3 amide bonds. The molecule has 0 saturated carbocycles. The summed E-state index contributed by atoms with van der Waals surface area (Å²) in [6, 6.07) is 5.31. The van der Waals surface area contributed by atoms with Crippen LogP contribution in [0.3, 0.4) is 0 Å². The summed E-state index contributed by atoms with van der Waals surface area (Å²) in [6.07, 6.45) is 0.216. The van der Waals surface area contributed by atoms with Crippen LogP contribution in [0, 0.1) is 5.82 Å². The van der Waals surface area contributed by atoms with Crippen molar-refractivity contribution < 1.29 is 14.0 Å². The van der Waals surface area contributed by atoms with Gasteiger partial charge in [0.2, 0.25) is 5.91 Å². The van der Waals surface area contributed by atoms with Crippen LogP contribution in [0.2, 0.25) is 0 Å². The lowest BCUT2D eigenvalue weighted by Crippen LogP contribution is -2.50. The van der Waals surface area contributed by atoms with Crippen molar-refractivity contribution in [3.05, 3.63) is 30.1 Å². The van der Waals surface area contributed by atoms with Gasteiger partial charge in [-0.1, -0.05) is 6.07 Å². The van der Waals surface area contributed by atoms with E-state index in [-0.39, 0.29) is 35.8 Å². The Balaban J connectivity index is 1.98. The molecule has 1 aromatic rings. The Bertz CT molecular complexity index is 554. The van der Waals surface area contributed by atoms with Gasteiger partial charge in [0, 0.05) is 24.2 Å². The van der Waals surface area contributed by atoms with Crippen molar-refractivity contribution in [3.63, 3.8) is 0 Å². The number of benzene rings is 1. The van der Waals surface area contributed by atoms with Crippen LogP contribution in [0.15, 0.2) is 24.3 Å². The normalized spacial score (nSPS) is 18.8. The highest BCUT2D eigenvalue weighted by atomic mass is 19.1. The first-order chi connectivity index (χ1) is 9.74. The standard InChI is InChI=1S/C15H20FN3O2/c1-15(2,3)18-14(21)17-11-8-13(20)19(9-11)12-6-4-5-10(16)7-12/h4-7,11H,8-9H2,1-3H3,(H2,17,18,21). The fourth-order valence-corrected chi connectivity index (χ4v) is 2.26. The number of rotatable bonds is 2. The maximum atomic E-state index is 13.2. The highest BCUT2D eigenvalue weighted by Gasteiger charge is 2.32. The molecule has 0 radical (unpaired) electrons. The lowest BCUT2D eigenvalue weighted by Gasteiger charge is -2.22. The summed E-state index contributed by atoms with van der Waals surface area (Å²) in [5, 5.41) is 5.56. The maximum Gasteiger partial charge on any atom is 0.315 e. The third kappa shape index (κ3) is 4.18. The molecular weight excluding hydrogens is 273 g/mol. The number of carbonyl (C=O) groups is 2. The molecule has 1 fully saturated rings.